The Balaban J connectivity index is 1.60. The molecule has 2 saturated heterocycles. The summed E-state index contributed by atoms with van der Waals surface area (Å²) in [5.41, 5.74) is 1.55. The quantitative estimate of drug-likeness (QED) is 0.899. The van der Waals surface area contributed by atoms with E-state index in [1.807, 2.05) is 18.8 Å². The Labute approximate surface area is 136 Å². The van der Waals surface area contributed by atoms with Crippen molar-refractivity contribution in [3.8, 4) is 0 Å². The Hall–Kier alpha value is -0.160. The zero-order valence-corrected chi connectivity index (χ0v) is 14.6. The van der Waals surface area contributed by atoms with E-state index < -0.39 is 0 Å². The first-order chi connectivity index (χ1) is 10.2. The van der Waals surface area contributed by atoms with Crippen molar-refractivity contribution in [3.05, 3.63) is 29.8 Å². The molecule has 0 aliphatic carbocycles. The lowest BCUT2D eigenvalue weighted by atomic mass is 9.93. The molecule has 0 aromatic heterocycles. The molecule has 21 heavy (non-hydrogen) atoms. The Morgan fingerprint density at radius 2 is 2.19 bits per heavy atom. The molecule has 3 unspecified atom stereocenters. The predicted octanol–water partition coefficient (Wildman–Crippen LogP) is 4.11. The molecule has 0 amide bonds. The van der Waals surface area contributed by atoms with Gasteiger partial charge in [-0.1, -0.05) is 12.1 Å². The normalized spacial score (nSPS) is 30.7. The molecule has 0 saturated carbocycles. The maximum atomic E-state index is 6.12. The lowest BCUT2D eigenvalue weighted by molar-refractivity contribution is -0.0562. The SMILES string of the molecule is CNC(C)c1ccc(SC2CCOC3(CCSC3)C2)cc1. The number of nitrogens with one attached hydrogen (secondary N) is 1. The van der Waals surface area contributed by atoms with Gasteiger partial charge < -0.3 is 10.1 Å². The van der Waals surface area contributed by atoms with Crippen LogP contribution in [0.5, 0.6) is 0 Å². The van der Waals surface area contributed by atoms with E-state index in [4.69, 9.17) is 4.74 Å². The molecule has 2 aliphatic heterocycles. The Morgan fingerprint density at radius 3 is 2.86 bits per heavy atom. The second-order valence-electron chi connectivity index (χ2n) is 6.15. The minimum absolute atomic E-state index is 0.196. The fraction of sp³-hybridized carbons (Fsp3) is 0.647. The van der Waals surface area contributed by atoms with Crippen molar-refractivity contribution in [1.82, 2.24) is 5.32 Å². The molecule has 4 heteroatoms. The highest BCUT2D eigenvalue weighted by atomic mass is 32.2. The van der Waals surface area contributed by atoms with Crippen LogP contribution in [0.1, 0.15) is 37.8 Å². The highest BCUT2D eigenvalue weighted by Crippen LogP contribution is 2.43. The summed E-state index contributed by atoms with van der Waals surface area (Å²) in [6, 6.07) is 9.48. The van der Waals surface area contributed by atoms with Gasteiger partial charge in [0.1, 0.15) is 0 Å². The van der Waals surface area contributed by atoms with Crippen LogP contribution in [0.2, 0.25) is 0 Å². The van der Waals surface area contributed by atoms with Gasteiger partial charge in [0.15, 0.2) is 0 Å². The van der Waals surface area contributed by atoms with Crippen LogP contribution in [0, 0.1) is 0 Å². The lowest BCUT2D eigenvalue weighted by Crippen LogP contribution is -2.40. The highest BCUT2D eigenvalue weighted by molar-refractivity contribution is 8.00. The Morgan fingerprint density at radius 1 is 1.38 bits per heavy atom. The van der Waals surface area contributed by atoms with Crippen LogP contribution in [0.3, 0.4) is 0 Å². The van der Waals surface area contributed by atoms with Gasteiger partial charge in [0, 0.05) is 28.5 Å². The third-order valence-electron chi connectivity index (χ3n) is 4.63. The summed E-state index contributed by atoms with van der Waals surface area (Å²) < 4.78 is 6.12. The van der Waals surface area contributed by atoms with Crippen LogP contribution in [0.15, 0.2) is 29.2 Å². The molecule has 116 valence electrons. The molecule has 1 aromatic carbocycles. The summed E-state index contributed by atoms with van der Waals surface area (Å²) in [6.45, 7) is 3.13. The van der Waals surface area contributed by atoms with E-state index in [2.05, 4.69) is 48.3 Å². The van der Waals surface area contributed by atoms with Crippen molar-refractivity contribution in [2.45, 2.75) is 48.0 Å². The van der Waals surface area contributed by atoms with Gasteiger partial charge in [-0.05, 0) is 56.7 Å². The van der Waals surface area contributed by atoms with Crippen molar-refractivity contribution in [1.29, 1.82) is 0 Å². The topological polar surface area (TPSA) is 21.3 Å². The number of rotatable bonds is 4. The van der Waals surface area contributed by atoms with Gasteiger partial charge in [0.05, 0.1) is 5.60 Å². The minimum Gasteiger partial charge on any atom is -0.374 e. The number of hydrogen-bond donors (Lipinski definition) is 1. The van der Waals surface area contributed by atoms with Gasteiger partial charge in [-0.3, -0.25) is 0 Å². The van der Waals surface area contributed by atoms with Crippen LogP contribution >= 0.6 is 23.5 Å². The summed E-state index contributed by atoms with van der Waals surface area (Å²) in [4.78, 5) is 1.40. The van der Waals surface area contributed by atoms with Crippen LogP contribution in [0.4, 0.5) is 0 Å². The lowest BCUT2D eigenvalue weighted by Gasteiger charge is -2.37. The molecule has 3 atom stereocenters. The van der Waals surface area contributed by atoms with Crippen molar-refractivity contribution >= 4 is 23.5 Å². The third kappa shape index (κ3) is 3.79. The summed E-state index contributed by atoms with van der Waals surface area (Å²) in [7, 11) is 2.01. The van der Waals surface area contributed by atoms with Crippen molar-refractivity contribution in [2.75, 3.05) is 25.2 Å². The van der Waals surface area contributed by atoms with E-state index in [1.165, 1.54) is 41.2 Å². The smallest absolute Gasteiger partial charge is 0.0791 e. The average molecular weight is 324 g/mol. The number of benzene rings is 1. The van der Waals surface area contributed by atoms with Crippen LogP contribution in [-0.4, -0.2) is 36.0 Å². The molecule has 1 spiro atoms. The first-order valence-corrected chi connectivity index (χ1v) is 9.90. The fourth-order valence-electron chi connectivity index (χ4n) is 3.14. The largest absolute Gasteiger partial charge is 0.374 e. The Kier molecular flexibility index (Phi) is 5.20. The molecule has 2 nitrogen and oxygen atoms in total. The first kappa shape index (κ1) is 15.7. The number of ether oxygens (including phenoxy) is 1. The van der Waals surface area contributed by atoms with E-state index in [0.717, 1.165) is 6.61 Å². The second-order valence-corrected chi connectivity index (χ2v) is 8.63. The van der Waals surface area contributed by atoms with Crippen LogP contribution in [-0.2, 0) is 4.74 Å². The van der Waals surface area contributed by atoms with Gasteiger partial charge >= 0.3 is 0 Å². The number of thioether (sulfide) groups is 2. The monoisotopic (exact) mass is 323 g/mol. The summed E-state index contributed by atoms with van der Waals surface area (Å²) in [6.07, 6.45) is 3.65. The van der Waals surface area contributed by atoms with Crippen LogP contribution in [0.25, 0.3) is 0 Å². The van der Waals surface area contributed by atoms with Gasteiger partial charge in [-0.15, -0.1) is 11.8 Å². The molecule has 1 aromatic rings. The summed E-state index contributed by atoms with van der Waals surface area (Å²) in [5, 5.41) is 4.00. The predicted molar refractivity (Wildman–Crippen MR) is 93.4 cm³/mol. The van der Waals surface area contributed by atoms with E-state index in [0.29, 0.717) is 11.3 Å². The zero-order chi connectivity index (χ0) is 14.7. The van der Waals surface area contributed by atoms with Gasteiger partial charge in [-0.25, -0.2) is 0 Å². The maximum absolute atomic E-state index is 6.12. The molecule has 3 rings (SSSR count). The van der Waals surface area contributed by atoms with Crippen LogP contribution < -0.4 is 5.32 Å². The maximum Gasteiger partial charge on any atom is 0.0791 e. The van der Waals surface area contributed by atoms with Crippen molar-refractivity contribution < 1.29 is 4.74 Å². The molecule has 0 radical (unpaired) electrons. The standard InChI is InChI=1S/C17H25NOS2/c1-13(18-2)14-3-5-15(6-4-14)21-16-7-9-19-17(11-16)8-10-20-12-17/h3-6,13,16,18H,7-12H2,1-2H3. The van der Waals surface area contributed by atoms with Gasteiger partial charge in [-0.2, -0.15) is 11.8 Å². The summed E-state index contributed by atoms with van der Waals surface area (Å²) >= 11 is 4.10. The second kappa shape index (κ2) is 6.95. The Bertz CT molecular complexity index is 456. The van der Waals surface area contributed by atoms with E-state index in [1.54, 1.807) is 0 Å². The molecule has 2 heterocycles. The number of hydrogen-bond acceptors (Lipinski definition) is 4. The summed E-state index contributed by atoms with van der Waals surface area (Å²) in [5.74, 6) is 2.47. The van der Waals surface area contributed by atoms with Gasteiger partial charge in [0.2, 0.25) is 0 Å². The molecular formula is C17H25NOS2. The first-order valence-electron chi connectivity index (χ1n) is 7.86. The average Bonchev–Trinajstić information content (AvgIpc) is 2.95. The van der Waals surface area contributed by atoms with E-state index in [-0.39, 0.29) is 5.60 Å². The molecule has 2 fully saturated rings. The molecular weight excluding hydrogens is 298 g/mol. The highest BCUT2D eigenvalue weighted by Gasteiger charge is 2.40. The minimum atomic E-state index is 0.196. The van der Waals surface area contributed by atoms with Crippen molar-refractivity contribution in [3.63, 3.8) is 0 Å². The zero-order valence-electron chi connectivity index (χ0n) is 12.9. The molecule has 0 bridgehead atoms. The fourth-order valence-corrected chi connectivity index (χ4v) is 5.80. The van der Waals surface area contributed by atoms with Crippen molar-refractivity contribution in [2.24, 2.45) is 0 Å². The molecule has 2 aliphatic rings. The molecule has 1 N–H and O–H groups in total. The van der Waals surface area contributed by atoms with E-state index in [9.17, 15) is 0 Å². The van der Waals surface area contributed by atoms with E-state index >= 15 is 0 Å². The van der Waals surface area contributed by atoms with Gasteiger partial charge in [0.25, 0.3) is 0 Å². The third-order valence-corrected chi connectivity index (χ3v) is 7.13.